The van der Waals surface area contributed by atoms with Crippen LogP contribution in [0.25, 0.3) is 0 Å². The molecule has 2 rings (SSSR count). The fourth-order valence-electron chi connectivity index (χ4n) is 2.02. The quantitative estimate of drug-likeness (QED) is 0.793. The largest absolute Gasteiger partial charge is 0.379 e. The number of benzene rings is 1. The van der Waals surface area contributed by atoms with Crippen molar-refractivity contribution in [1.29, 1.82) is 0 Å². The van der Waals surface area contributed by atoms with Crippen molar-refractivity contribution in [3.8, 4) is 11.8 Å². The van der Waals surface area contributed by atoms with Gasteiger partial charge < -0.3 is 15.8 Å². The van der Waals surface area contributed by atoms with Gasteiger partial charge in [-0.2, -0.15) is 0 Å². The van der Waals surface area contributed by atoms with Gasteiger partial charge >= 0.3 is 0 Å². The molecule has 1 saturated heterocycles. The lowest BCUT2D eigenvalue weighted by Crippen LogP contribution is -2.46. The monoisotopic (exact) mass is 276 g/mol. The summed E-state index contributed by atoms with van der Waals surface area (Å²) >= 11 is 0. The van der Waals surface area contributed by atoms with Crippen LogP contribution in [-0.4, -0.2) is 31.2 Å². The molecule has 1 atom stereocenters. The lowest BCUT2D eigenvalue weighted by molar-refractivity contribution is 0.0889. The second-order valence-corrected chi connectivity index (χ2v) is 5.02. The third-order valence-corrected chi connectivity index (χ3v) is 3.19. The van der Waals surface area contributed by atoms with Crippen molar-refractivity contribution < 1.29 is 13.9 Å². The van der Waals surface area contributed by atoms with E-state index in [1.165, 1.54) is 12.1 Å². The minimum Gasteiger partial charge on any atom is -0.379 e. The van der Waals surface area contributed by atoms with E-state index in [9.17, 15) is 9.18 Å². The summed E-state index contributed by atoms with van der Waals surface area (Å²) in [5, 5.41) is 2.87. The fourth-order valence-corrected chi connectivity index (χ4v) is 2.02. The molecule has 106 valence electrons. The number of nitrogens with two attached hydrogens (primary N) is 1. The van der Waals surface area contributed by atoms with E-state index in [-0.39, 0.29) is 29.1 Å². The summed E-state index contributed by atoms with van der Waals surface area (Å²) in [6, 6.07) is 4.23. The Bertz CT molecular complexity index is 569. The lowest BCUT2D eigenvalue weighted by Gasteiger charge is -2.23. The minimum atomic E-state index is -0.522. The van der Waals surface area contributed by atoms with Crippen LogP contribution in [0.4, 0.5) is 4.39 Å². The van der Waals surface area contributed by atoms with Crippen LogP contribution < -0.4 is 11.1 Å². The number of hydrogen-bond acceptors (Lipinski definition) is 3. The van der Waals surface area contributed by atoms with Gasteiger partial charge in [-0.05, 0) is 31.5 Å². The van der Waals surface area contributed by atoms with Crippen LogP contribution in [0, 0.1) is 17.7 Å². The molecule has 1 heterocycles. The van der Waals surface area contributed by atoms with Gasteiger partial charge in [0.2, 0.25) is 0 Å². The van der Waals surface area contributed by atoms with Gasteiger partial charge in [0.25, 0.3) is 5.91 Å². The Kier molecular flexibility index (Phi) is 4.38. The molecule has 0 radical (unpaired) electrons. The SMILES string of the molecule is CC1(NC(=O)c2ccc(C#CCN)c(F)c2)CCOC1. The second kappa shape index (κ2) is 6.04. The van der Waals surface area contributed by atoms with Crippen molar-refractivity contribution in [2.24, 2.45) is 5.73 Å². The molecule has 0 saturated carbocycles. The van der Waals surface area contributed by atoms with Crippen molar-refractivity contribution in [3.63, 3.8) is 0 Å². The van der Waals surface area contributed by atoms with Gasteiger partial charge in [-0.25, -0.2) is 4.39 Å². The summed E-state index contributed by atoms with van der Waals surface area (Å²) < 4.78 is 19.1. The summed E-state index contributed by atoms with van der Waals surface area (Å²) in [7, 11) is 0. The molecular weight excluding hydrogens is 259 g/mol. The van der Waals surface area contributed by atoms with Crippen LogP contribution in [0.2, 0.25) is 0 Å². The van der Waals surface area contributed by atoms with Crippen molar-refractivity contribution in [1.82, 2.24) is 5.32 Å². The molecule has 20 heavy (non-hydrogen) atoms. The van der Waals surface area contributed by atoms with Crippen LogP contribution in [0.3, 0.4) is 0 Å². The Morgan fingerprint density at radius 1 is 1.60 bits per heavy atom. The molecule has 1 unspecified atom stereocenters. The zero-order valence-electron chi connectivity index (χ0n) is 11.3. The molecule has 0 bridgehead atoms. The molecule has 0 aromatic heterocycles. The summed E-state index contributed by atoms with van der Waals surface area (Å²) in [6.45, 7) is 3.18. The minimum absolute atomic E-state index is 0.167. The van der Waals surface area contributed by atoms with Gasteiger partial charge in [0.15, 0.2) is 0 Å². The number of rotatable bonds is 2. The van der Waals surface area contributed by atoms with E-state index in [0.29, 0.717) is 13.2 Å². The third-order valence-electron chi connectivity index (χ3n) is 3.19. The maximum Gasteiger partial charge on any atom is 0.251 e. The first kappa shape index (κ1) is 14.5. The number of halogens is 1. The molecule has 1 fully saturated rings. The van der Waals surface area contributed by atoms with Gasteiger partial charge in [0.05, 0.1) is 24.3 Å². The molecule has 1 aliphatic rings. The van der Waals surface area contributed by atoms with Gasteiger partial charge in [0.1, 0.15) is 5.82 Å². The van der Waals surface area contributed by atoms with Crippen molar-refractivity contribution >= 4 is 5.91 Å². The Labute approximate surface area is 117 Å². The first-order valence-corrected chi connectivity index (χ1v) is 6.43. The van der Waals surface area contributed by atoms with Crippen LogP contribution >= 0.6 is 0 Å². The predicted octanol–water partition coefficient (Wildman–Crippen LogP) is 1.04. The van der Waals surface area contributed by atoms with Crippen LogP contribution in [0.5, 0.6) is 0 Å². The van der Waals surface area contributed by atoms with E-state index in [0.717, 1.165) is 6.42 Å². The maximum absolute atomic E-state index is 13.8. The van der Waals surface area contributed by atoms with Crippen LogP contribution in [0.15, 0.2) is 18.2 Å². The molecule has 4 nitrogen and oxygen atoms in total. The highest BCUT2D eigenvalue weighted by molar-refractivity contribution is 5.94. The molecule has 1 amide bonds. The molecular formula is C15H17FN2O2. The number of carbonyl (C=O) groups is 1. The second-order valence-electron chi connectivity index (χ2n) is 5.02. The topological polar surface area (TPSA) is 64.4 Å². The Balaban J connectivity index is 2.13. The average molecular weight is 276 g/mol. The van der Waals surface area contributed by atoms with Gasteiger partial charge in [-0.3, -0.25) is 4.79 Å². The van der Waals surface area contributed by atoms with E-state index < -0.39 is 5.82 Å². The average Bonchev–Trinajstić information content (AvgIpc) is 2.83. The Hall–Kier alpha value is -1.90. The number of hydrogen-bond donors (Lipinski definition) is 2. The number of nitrogens with one attached hydrogen (secondary N) is 1. The number of ether oxygens (including phenoxy) is 1. The van der Waals surface area contributed by atoms with E-state index in [2.05, 4.69) is 17.2 Å². The maximum atomic E-state index is 13.8. The Morgan fingerprint density at radius 3 is 3.00 bits per heavy atom. The van der Waals surface area contributed by atoms with Crippen molar-refractivity contribution in [2.45, 2.75) is 18.9 Å². The van der Waals surface area contributed by atoms with Gasteiger partial charge in [-0.1, -0.05) is 11.8 Å². The van der Waals surface area contributed by atoms with E-state index >= 15 is 0 Å². The first-order chi connectivity index (χ1) is 9.54. The summed E-state index contributed by atoms with van der Waals surface area (Å²) in [5.41, 5.74) is 5.37. The highest BCUT2D eigenvalue weighted by Gasteiger charge is 2.31. The van der Waals surface area contributed by atoms with Crippen LogP contribution in [-0.2, 0) is 4.74 Å². The van der Waals surface area contributed by atoms with E-state index in [1.54, 1.807) is 6.07 Å². The number of carbonyl (C=O) groups excluding carboxylic acids is 1. The molecule has 0 spiro atoms. The molecule has 1 aromatic rings. The zero-order chi connectivity index (χ0) is 14.6. The molecule has 1 aliphatic heterocycles. The van der Waals surface area contributed by atoms with Crippen molar-refractivity contribution in [2.75, 3.05) is 19.8 Å². The van der Waals surface area contributed by atoms with Crippen LogP contribution in [0.1, 0.15) is 29.3 Å². The van der Waals surface area contributed by atoms with Gasteiger partial charge in [-0.15, -0.1) is 0 Å². The fraction of sp³-hybridized carbons (Fsp3) is 0.400. The summed E-state index contributed by atoms with van der Waals surface area (Å²) in [4.78, 5) is 12.1. The normalized spacial score (nSPS) is 21.1. The zero-order valence-corrected chi connectivity index (χ0v) is 11.3. The summed E-state index contributed by atoms with van der Waals surface area (Å²) in [5.74, 6) is 4.37. The molecule has 5 heteroatoms. The molecule has 0 aliphatic carbocycles. The van der Waals surface area contributed by atoms with Gasteiger partial charge in [0, 0.05) is 12.2 Å². The number of amides is 1. The smallest absolute Gasteiger partial charge is 0.251 e. The highest BCUT2D eigenvalue weighted by atomic mass is 19.1. The first-order valence-electron chi connectivity index (χ1n) is 6.43. The standard InChI is InChI=1S/C15H17FN2O2/c1-15(6-8-20-10-15)18-14(19)12-5-4-11(3-2-7-17)13(16)9-12/h4-5,9H,6-8,10,17H2,1H3,(H,18,19). The molecule has 3 N–H and O–H groups in total. The van der Waals surface area contributed by atoms with E-state index in [4.69, 9.17) is 10.5 Å². The molecule has 1 aromatic carbocycles. The lowest BCUT2D eigenvalue weighted by atomic mass is 10.0. The predicted molar refractivity (Wildman–Crippen MR) is 73.6 cm³/mol. The Morgan fingerprint density at radius 2 is 2.40 bits per heavy atom. The highest BCUT2D eigenvalue weighted by Crippen LogP contribution is 2.18. The van der Waals surface area contributed by atoms with E-state index in [1.807, 2.05) is 6.92 Å². The summed E-state index contributed by atoms with van der Waals surface area (Å²) in [6.07, 6.45) is 0.751. The third kappa shape index (κ3) is 3.35. The van der Waals surface area contributed by atoms with Crippen molar-refractivity contribution in [3.05, 3.63) is 35.1 Å².